The lowest BCUT2D eigenvalue weighted by atomic mass is 10.1. The molecule has 0 aliphatic rings. The summed E-state index contributed by atoms with van der Waals surface area (Å²) in [4.78, 5) is 25.8. The Balaban J connectivity index is 1.50. The number of nitrogens with one attached hydrogen (secondary N) is 2. The molecule has 0 saturated carbocycles. The highest BCUT2D eigenvalue weighted by Crippen LogP contribution is 2.37. The smallest absolute Gasteiger partial charge is 0.261 e. The number of ketones is 1. The predicted molar refractivity (Wildman–Crippen MR) is 149 cm³/mol. The van der Waals surface area contributed by atoms with Gasteiger partial charge in [0.05, 0.1) is 4.90 Å². The van der Waals surface area contributed by atoms with Crippen molar-refractivity contribution in [1.82, 2.24) is 0 Å². The highest BCUT2D eigenvalue weighted by molar-refractivity contribution is 8.00. The molecule has 1 atom stereocenters. The van der Waals surface area contributed by atoms with Crippen LogP contribution in [0.3, 0.4) is 0 Å². The molecule has 37 heavy (non-hydrogen) atoms. The highest BCUT2D eigenvalue weighted by atomic mass is 32.2. The zero-order chi connectivity index (χ0) is 26.4. The molecule has 0 aromatic heterocycles. The summed E-state index contributed by atoms with van der Waals surface area (Å²) in [7, 11) is -3.71. The molecule has 0 aliphatic carbocycles. The van der Waals surface area contributed by atoms with E-state index in [9.17, 15) is 18.0 Å². The quantitative estimate of drug-likeness (QED) is 0.191. The molecule has 0 spiro atoms. The van der Waals surface area contributed by atoms with Gasteiger partial charge in [0.2, 0.25) is 5.91 Å². The fourth-order valence-corrected chi connectivity index (χ4v) is 5.65. The fourth-order valence-electron chi connectivity index (χ4n) is 3.57. The molecule has 4 aromatic carbocycles. The second-order valence-electron chi connectivity index (χ2n) is 8.47. The average molecular weight is 531 g/mol. The highest BCUT2D eigenvalue weighted by Gasteiger charge is 2.22. The van der Waals surface area contributed by atoms with Crippen molar-refractivity contribution >= 4 is 44.9 Å². The lowest BCUT2D eigenvalue weighted by Crippen LogP contribution is -2.19. The van der Waals surface area contributed by atoms with Crippen LogP contribution in [0.5, 0.6) is 0 Å². The van der Waals surface area contributed by atoms with Gasteiger partial charge >= 0.3 is 0 Å². The van der Waals surface area contributed by atoms with Crippen LogP contribution in [0.4, 0.5) is 11.4 Å². The number of Topliss-reactive ketones (excluding diaryl/α,β-unsaturated/α-hetero) is 1. The van der Waals surface area contributed by atoms with Crippen molar-refractivity contribution < 1.29 is 18.0 Å². The maximum Gasteiger partial charge on any atom is 0.261 e. The van der Waals surface area contributed by atoms with Crippen LogP contribution in [-0.2, 0) is 14.8 Å². The van der Waals surface area contributed by atoms with Crippen molar-refractivity contribution in [2.45, 2.75) is 28.9 Å². The van der Waals surface area contributed by atoms with Crippen LogP contribution in [0, 0.1) is 6.92 Å². The Morgan fingerprint density at radius 2 is 1.35 bits per heavy atom. The summed E-state index contributed by atoms with van der Waals surface area (Å²) in [5, 5.41) is 2.38. The Morgan fingerprint density at radius 3 is 1.95 bits per heavy atom. The molecule has 1 amide bonds. The summed E-state index contributed by atoms with van der Waals surface area (Å²) in [6, 6.07) is 29.7. The number of aryl methyl sites for hydroxylation is 1. The minimum Gasteiger partial charge on any atom is -0.325 e. The normalized spacial score (nSPS) is 11.9. The van der Waals surface area contributed by atoms with Crippen molar-refractivity contribution in [3.63, 3.8) is 0 Å². The van der Waals surface area contributed by atoms with E-state index in [0.717, 1.165) is 16.0 Å². The van der Waals surface area contributed by atoms with E-state index in [0.29, 0.717) is 16.9 Å². The average Bonchev–Trinajstić information content (AvgIpc) is 2.89. The van der Waals surface area contributed by atoms with Crippen LogP contribution in [0.15, 0.2) is 113 Å². The van der Waals surface area contributed by atoms with Gasteiger partial charge < -0.3 is 5.32 Å². The van der Waals surface area contributed by atoms with Gasteiger partial charge in [0.15, 0.2) is 5.78 Å². The minimum absolute atomic E-state index is 0.0415. The summed E-state index contributed by atoms with van der Waals surface area (Å²) in [6.07, 6.45) is 0. The van der Waals surface area contributed by atoms with Gasteiger partial charge in [-0.3, -0.25) is 14.3 Å². The second-order valence-corrected chi connectivity index (χ2v) is 11.3. The van der Waals surface area contributed by atoms with Crippen LogP contribution in [0.1, 0.15) is 33.7 Å². The molecule has 0 fully saturated rings. The molecule has 0 aliphatic heterocycles. The second kappa shape index (κ2) is 11.5. The Labute approximate surface area is 221 Å². The molecule has 4 rings (SSSR count). The van der Waals surface area contributed by atoms with E-state index in [-0.39, 0.29) is 16.6 Å². The predicted octanol–water partition coefficient (Wildman–Crippen LogP) is 6.47. The molecular weight excluding hydrogens is 504 g/mol. The first-order valence-electron chi connectivity index (χ1n) is 11.5. The van der Waals surface area contributed by atoms with E-state index < -0.39 is 15.3 Å². The van der Waals surface area contributed by atoms with Crippen LogP contribution in [-0.4, -0.2) is 20.1 Å². The number of hydrogen-bond donors (Lipinski definition) is 2. The van der Waals surface area contributed by atoms with Crippen molar-refractivity contribution in [2.75, 3.05) is 10.0 Å². The first kappa shape index (κ1) is 26.2. The SMILES string of the molecule is CC(=O)c1ccc(NC(=O)C(Sc2ccc(NS(=O)(=O)c3ccc(C)cc3)cc2)c2ccccc2)cc1. The summed E-state index contributed by atoms with van der Waals surface area (Å²) >= 11 is 1.36. The van der Waals surface area contributed by atoms with E-state index in [1.807, 2.05) is 37.3 Å². The molecule has 188 valence electrons. The largest absolute Gasteiger partial charge is 0.325 e. The Kier molecular flexibility index (Phi) is 8.11. The molecule has 2 N–H and O–H groups in total. The van der Waals surface area contributed by atoms with E-state index >= 15 is 0 Å². The standard InChI is InChI=1S/C29H26N2O4S2/c1-20-8-18-27(19-9-20)37(34,35)31-25-14-16-26(17-15-25)36-28(23-6-4-3-5-7-23)29(33)30-24-12-10-22(11-13-24)21(2)32/h3-19,28,31H,1-2H3,(H,30,33). The number of benzene rings is 4. The molecule has 0 radical (unpaired) electrons. The van der Waals surface area contributed by atoms with Crippen LogP contribution < -0.4 is 10.0 Å². The lowest BCUT2D eigenvalue weighted by Gasteiger charge is -2.17. The van der Waals surface area contributed by atoms with Gasteiger partial charge in [0.1, 0.15) is 5.25 Å². The van der Waals surface area contributed by atoms with Crippen LogP contribution >= 0.6 is 11.8 Å². The van der Waals surface area contributed by atoms with E-state index in [2.05, 4.69) is 10.0 Å². The Bertz CT molecular complexity index is 1480. The first-order chi connectivity index (χ1) is 17.7. The monoisotopic (exact) mass is 530 g/mol. The van der Waals surface area contributed by atoms with Crippen LogP contribution in [0.25, 0.3) is 0 Å². The molecular formula is C29H26N2O4S2. The topological polar surface area (TPSA) is 92.3 Å². The summed E-state index contributed by atoms with van der Waals surface area (Å²) in [6.45, 7) is 3.39. The van der Waals surface area contributed by atoms with E-state index in [4.69, 9.17) is 0 Å². The fraction of sp³-hybridized carbons (Fsp3) is 0.103. The van der Waals surface area contributed by atoms with E-state index in [1.165, 1.54) is 18.7 Å². The number of anilines is 2. The van der Waals surface area contributed by atoms with Gasteiger partial charge in [-0.1, -0.05) is 48.0 Å². The van der Waals surface area contributed by atoms with Gasteiger partial charge in [-0.2, -0.15) is 0 Å². The maximum atomic E-state index is 13.3. The number of carbonyl (C=O) groups is 2. The zero-order valence-corrected chi connectivity index (χ0v) is 22.0. The van der Waals surface area contributed by atoms with Crippen LogP contribution in [0.2, 0.25) is 0 Å². The minimum atomic E-state index is -3.71. The number of thioether (sulfide) groups is 1. The Hall–Kier alpha value is -3.88. The third-order valence-electron chi connectivity index (χ3n) is 5.59. The molecule has 8 heteroatoms. The van der Waals surface area contributed by atoms with Crippen molar-refractivity contribution in [1.29, 1.82) is 0 Å². The lowest BCUT2D eigenvalue weighted by molar-refractivity contribution is -0.115. The number of sulfonamides is 1. The summed E-state index contributed by atoms with van der Waals surface area (Å²) in [5.41, 5.74) is 3.40. The molecule has 4 aromatic rings. The van der Waals surface area contributed by atoms with Gasteiger partial charge in [0.25, 0.3) is 10.0 Å². The molecule has 0 bridgehead atoms. The molecule has 6 nitrogen and oxygen atoms in total. The van der Waals surface area contributed by atoms with Crippen molar-refractivity contribution in [3.05, 3.63) is 120 Å². The number of hydrogen-bond acceptors (Lipinski definition) is 5. The summed E-state index contributed by atoms with van der Waals surface area (Å²) in [5.74, 6) is -0.254. The Morgan fingerprint density at radius 1 is 0.757 bits per heavy atom. The maximum absolute atomic E-state index is 13.3. The third kappa shape index (κ3) is 6.87. The molecule has 0 heterocycles. The van der Waals surface area contributed by atoms with Gasteiger partial charge in [-0.05, 0) is 80.1 Å². The third-order valence-corrected chi connectivity index (χ3v) is 8.25. The van der Waals surface area contributed by atoms with Crippen molar-refractivity contribution in [3.8, 4) is 0 Å². The first-order valence-corrected chi connectivity index (χ1v) is 13.9. The van der Waals surface area contributed by atoms with Gasteiger partial charge in [0, 0.05) is 21.8 Å². The zero-order valence-electron chi connectivity index (χ0n) is 20.3. The molecule has 1 unspecified atom stereocenters. The van der Waals surface area contributed by atoms with E-state index in [1.54, 1.807) is 72.8 Å². The summed E-state index contributed by atoms with van der Waals surface area (Å²) < 4.78 is 28.0. The van der Waals surface area contributed by atoms with Gasteiger partial charge in [-0.25, -0.2) is 8.42 Å². The molecule has 0 saturated heterocycles. The van der Waals surface area contributed by atoms with Crippen molar-refractivity contribution in [2.24, 2.45) is 0 Å². The number of carbonyl (C=O) groups excluding carboxylic acids is 2. The number of amides is 1. The van der Waals surface area contributed by atoms with Gasteiger partial charge in [-0.15, -0.1) is 11.8 Å². The number of rotatable bonds is 9.